The number of amides is 1. The van der Waals surface area contributed by atoms with Gasteiger partial charge in [0.2, 0.25) is 5.91 Å². The number of carbonyl (C=O) groups is 1. The Balaban J connectivity index is 0.00000162. The van der Waals surface area contributed by atoms with Gasteiger partial charge in [0.1, 0.15) is 11.6 Å². The molecule has 0 aromatic heterocycles. The average molecular weight is 389 g/mol. The standard InChI is InChI=1S/C11H11F2IN2O.ClH/c12-8-3-7(4-9(13)10(8)14)16-11(17)6-1-2-15-5-6;/h3-4,6,15H,1-2,5H2,(H,16,17);1H. The molecule has 1 aromatic carbocycles. The Morgan fingerprint density at radius 2 is 2.00 bits per heavy atom. The molecular formula is C11H12ClF2IN2O. The molecule has 2 rings (SSSR count). The molecule has 1 aliphatic heterocycles. The van der Waals surface area contributed by atoms with Gasteiger partial charge in [0, 0.05) is 12.2 Å². The summed E-state index contributed by atoms with van der Waals surface area (Å²) in [5, 5.41) is 5.59. The molecule has 1 unspecified atom stereocenters. The van der Waals surface area contributed by atoms with E-state index in [1.807, 2.05) is 0 Å². The summed E-state index contributed by atoms with van der Waals surface area (Å²) in [5.41, 5.74) is 0.164. The molecule has 1 aliphatic rings. The maximum absolute atomic E-state index is 13.3. The molecule has 1 fully saturated rings. The minimum atomic E-state index is -0.662. The Morgan fingerprint density at radius 1 is 1.39 bits per heavy atom. The first-order valence-corrected chi connectivity index (χ1v) is 6.32. The van der Waals surface area contributed by atoms with Crippen LogP contribution < -0.4 is 10.6 Å². The van der Waals surface area contributed by atoms with Crippen molar-refractivity contribution >= 4 is 46.6 Å². The van der Waals surface area contributed by atoms with E-state index in [1.165, 1.54) is 0 Å². The van der Waals surface area contributed by atoms with Crippen LogP contribution >= 0.6 is 35.0 Å². The van der Waals surface area contributed by atoms with Crippen LogP contribution in [-0.4, -0.2) is 19.0 Å². The van der Waals surface area contributed by atoms with Gasteiger partial charge in [-0.25, -0.2) is 8.78 Å². The molecule has 1 amide bonds. The number of rotatable bonds is 2. The molecule has 0 aliphatic carbocycles. The fourth-order valence-electron chi connectivity index (χ4n) is 1.75. The van der Waals surface area contributed by atoms with Gasteiger partial charge in [-0.3, -0.25) is 4.79 Å². The maximum Gasteiger partial charge on any atom is 0.228 e. The fraction of sp³-hybridized carbons (Fsp3) is 0.364. The first-order valence-electron chi connectivity index (χ1n) is 5.24. The van der Waals surface area contributed by atoms with Gasteiger partial charge in [0.05, 0.1) is 9.49 Å². The zero-order chi connectivity index (χ0) is 12.4. The quantitative estimate of drug-likeness (QED) is 0.604. The summed E-state index contributed by atoms with van der Waals surface area (Å²) in [6, 6.07) is 2.26. The highest BCUT2D eigenvalue weighted by molar-refractivity contribution is 14.1. The lowest BCUT2D eigenvalue weighted by molar-refractivity contribution is -0.119. The molecule has 7 heteroatoms. The molecule has 0 bridgehead atoms. The van der Waals surface area contributed by atoms with Crippen LogP contribution in [0.2, 0.25) is 0 Å². The summed E-state index contributed by atoms with van der Waals surface area (Å²) < 4.78 is 26.4. The number of hydrogen-bond acceptors (Lipinski definition) is 2. The number of nitrogens with one attached hydrogen (secondary N) is 2. The molecule has 1 saturated heterocycles. The summed E-state index contributed by atoms with van der Waals surface area (Å²) in [6.07, 6.45) is 0.751. The zero-order valence-corrected chi connectivity index (χ0v) is 12.3. The largest absolute Gasteiger partial charge is 0.326 e. The van der Waals surface area contributed by atoms with Crippen molar-refractivity contribution in [2.24, 2.45) is 5.92 Å². The van der Waals surface area contributed by atoms with Crippen molar-refractivity contribution in [2.45, 2.75) is 6.42 Å². The predicted octanol–water partition coefficient (Wildman–Crippen LogP) is 2.54. The third-order valence-electron chi connectivity index (χ3n) is 2.68. The van der Waals surface area contributed by atoms with Crippen molar-refractivity contribution in [3.05, 3.63) is 27.3 Å². The van der Waals surface area contributed by atoms with E-state index in [0.717, 1.165) is 25.1 Å². The lowest BCUT2D eigenvalue weighted by atomic mass is 10.1. The molecule has 1 heterocycles. The van der Waals surface area contributed by atoms with E-state index in [1.54, 1.807) is 22.6 Å². The summed E-state index contributed by atoms with van der Waals surface area (Å²) in [7, 11) is 0. The maximum atomic E-state index is 13.3. The van der Waals surface area contributed by atoms with E-state index in [9.17, 15) is 13.6 Å². The molecule has 1 aromatic rings. The topological polar surface area (TPSA) is 41.1 Å². The molecule has 1 atom stereocenters. The molecule has 100 valence electrons. The Bertz CT molecular complexity index is 430. The van der Waals surface area contributed by atoms with Gasteiger partial charge >= 0.3 is 0 Å². The first kappa shape index (κ1) is 15.6. The van der Waals surface area contributed by atoms with Crippen molar-refractivity contribution in [3.63, 3.8) is 0 Å². The molecule has 18 heavy (non-hydrogen) atoms. The summed E-state index contributed by atoms with van der Waals surface area (Å²) in [4.78, 5) is 11.7. The third-order valence-corrected chi connectivity index (χ3v) is 3.71. The summed E-state index contributed by atoms with van der Waals surface area (Å²) >= 11 is 1.58. The highest BCUT2D eigenvalue weighted by Gasteiger charge is 2.22. The van der Waals surface area contributed by atoms with Crippen LogP contribution in [0.1, 0.15) is 6.42 Å². The minimum Gasteiger partial charge on any atom is -0.326 e. The third kappa shape index (κ3) is 3.52. The van der Waals surface area contributed by atoms with E-state index < -0.39 is 11.6 Å². The first-order chi connectivity index (χ1) is 8.08. The smallest absolute Gasteiger partial charge is 0.228 e. The van der Waals surface area contributed by atoms with Crippen LogP contribution in [0, 0.1) is 21.1 Å². The van der Waals surface area contributed by atoms with Gasteiger partial charge in [0.25, 0.3) is 0 Å². The highest BCUT2D eigenvalue weighted by atomic mass is 127. The Kier molecular flexibility index (Phi) is 5.74. The second kappa shape index (κ2) is 6.63. The monoisotopic (exact) mass is 388 g/mol. The number of halogens is 4. The van der Waals surface area contributed by atoms with E-state index in [4.69, 9.17) is 0 Å². The zero-order valence-electron chi connectivity index (χ0n) is 9.30. The van der Waals surface area contributed by atoms with Crippen molar-refractivity contribution < 1.29 is 13.6 Å². The number of anilines is 1. The van der Waals surface area contributed by atoms with Crippen molar-refractivity contribution in [1.82, 2.24) is 5.32 Å². The second-order valence-electron chi connectivity index (χ2n) is 3.93. The van der Waals surface area contributed by atoms with E-state index in [0.29, 0.717) is 6.54 Å². The van der Waals surface area contributed by atoms with Gasteiger partial charge in [-0.15, -0.1) is 12.4 Å². The number of carbonyl (C=O) groups excluding carboxylic acids is 1. The summed E-state index contributed by atoms with van der Waals surface area (Å²) in [5.74, 6) is -1.65. The minimum absolute atomic E-state index is 0. The van der Waals surface area contributed by atoms with E-state index in [-0.39, 0.29) is 33.5 Å². The summed E-state index contributed by atoms with van der Waals surface area (Å²) in [6.45, 7) is 1.41. The van der Waals surface area contributed by atoms with Crippen LogP contribution in [0.15, 0.2) is 12.1 Å². The van der Waals surface area contributed by atoms with Gasteiger partial charge in [-0.1, -0.05) is 0 Å². The van der Waals surface area contributed by atoms with Gasteiger partial charge < -0.3 is 10.6 Å². The molecule has 0 saturated carbocycles. The van der Waals surface area contributed by atoms with E-state index >= 15 is 0 Å². The van der Waals surface area contributed by atoms with Gasteiger partial charge in [-0.05, 0) is 47.7 Å². The molecule has 0 spiro atoms. The van der Waals surface area contributed by atoms with Crippen LogP contribution in [-0.2, 0) is 4.79 Å². The molecule has 2 N–H and O–H groups in total. The lowest BCUT2D eigenvalue weighted by Crippen LogP contribution is -2.24. The Morgan fingerprint density at radius 3 is 2.50 bits per heavy atom. The van der Waals surface area contributed by atoms with Crippen molar-refractivity contribution in [3.8, 4) is 0 Å². The van der Waals surface area contributed by atoms with Gasteiger partial charge in [0.15, 0.2) is 0 Å². The molecule has 0 radical (unpaired) electrons. The SMILES string of the molecule is Cl.O=C(Nc1cc(F)c(I)c(F)c1)C1CCNC1. The van der Waals surface area contributed by atoms with Crippen LogP contribution in [0.25, 0.3) is 0 Å². The normalized spacial score (nSPS) is 18.3. The number of hydrogen-bond donors (Lipinski definition) is 2. The van der Waals surface area contributed by atoms with Crippen molar-refractivity contribution in [1.29, 1.82) is 0 Å². The second-order valence-corrected chi connectivity index (χ2v) is 5.01. The van der Waals surface area contributed by atoms with Crippen LogP contribution in [0.4, 0.5) is 14.5 Å². The molecule has 3 nitrogen and oxygen atoms in total. The Hall–Kier alpha value is -0.470. The molecular weight excluding hydrogens is 376 g/mol. The average Bonchev–Trinajstić information content (AvgIpc) is 2.79. The highest BCUT2D eigenvalue weighted by Crippen LogP contribution is 2.21. The van der Waals surface area contributed by atoms with Gasteiger partial charge in [-0.2, -0.15) is 0 Å². The van der Waals surface area contributed by atoms with E-state index in [2.05, 4.69) is 10.6 Å². The number of benzene rings is 1. The predicted molar refractivity (Wildman–Crippen MR) is 75.9 cm³/mol. The van der Waals surface area contributed by atoms with Crippen LogP contribution in [0.3, 0.4) is 0 Å². The lowest BCUT2D eigenvalue weighted by Gasteiger charge is -2.10. The fourth-order valence-corrected chi connectivity index (χ4v) is 2.06. The van der Waals surface area contributed by atoms with Crippen LogP contribution in [0.5, 0.6) is 0 Å². The van der Waals surface area contributed by atoms with Crippen molar-refractivity contribution in [2.75, 3.05) is 18.4 Å². The Labute approximate surface area is 123 Å².